The molecule has 108 valence electrons. The van der Waals surface area contributed by atoms with Gasteiger partial charge in [0.05, 0.1) is 0 Å². The second-order valence-electron chi connectivity index (χ2n) is 7.21. The molecule has 0 radical (unpaired) electrons. The molecule has 0 amide bonds. The van der Waals surface area contributed by atoms with Crippen LogP contribution in [-0.2, 0) is 0 Å². The van der Waals surface area contributed by atoms with Crippen molar-refractivity contribution in [3.8, 4) is 0 Å². The number of piperidine rings is 1. The van der Waals surface area contributed by atoms with Crippen molar-refractivity contribution in [3.63, 3.8) is 0 Å². The molecule has 1 fully saturated rings. The minimum absolute atomic E-state index is 0.364. The van der Waals surface area contributed by atoms with Crippen molar-refractivity contribution in [3.05, 3.63) is 0 Å². The summed E-state index contributed by atoms with van der Waals surface area (Å²) in [6.45, 7) is 12.0. The van der Waals surface area contributed by atoms with Crippen molar-refractivity contribution in [2.45, 2.75) is 33.6 Å². The minimum Gasteiger partial charge on any atom is -0.306 e. The molecule has 3 heteroatoms. The maximum atomic E-state index is 4.53. The molecule has 1 atom stereocenters. The summed E-state index contributed by atoms with van der Waals surface area (Å²) in [4.78, 5) is 4.98. The van der Waals surface area contributed by atoms with E-state index in [9.17, 15) is 0 Å². The van der Waals surface area contributed by atoms with Gasteiger partial charge in [-0.25, -0.2) is 0 Å². The van der Waals surface area contributed by atoms with Crippen LogP contribution in [0.5, 0.6) is 0 Å². The first kappa shape index (κ1) is 16.3. The van der Waals surface area contributed by atoms with Crippen molar-refractivity contribution in [2.75, 3.05) is 46.0 Å². The van der Waals surface area contributed by atoms with Gasteiger partial charge in [-0.1, -0.05) is 20.8 Å². The van der Waals surface area contributed by atoms with Crippen molar-refractivity contribution < 1.29 is 0 Å². The molecule has 1 saturated heterocycles. The highest BCUT2D eigenvalue weighted by Gasteiger charge is 2.25. The van der Waals surface area contributed by atoms with Crippen LogP contribution in [-0.4, -0.2) is 55.8 Å². The molecule has 1 aliphatic rings. The van der Waals surface area contributed by atoms with E-state index < -0.39 is 0 Å². The molecule has 1 heterocycles. The van der Waals surface area contributed by atoms with Crippen LogP contribution in [0.2, 0.25) is 0 Å². The van der Waals surface area contributed by atoms with Crippen LogP contribution in [0.3, 0.4) is 0 Å². The van der Waals surface area contributed by atoms with E-state index in [1.165, 1.54) is 39.0 Å². The number of rotatable bonds is 5. The van der Waals surface area contributed by atoms with Gasteiger partial charge in [0.15, 0.2) is 0 Å². The van der Waals surface area contributed by atoms with E-state index in [1.807, 2.05) is 0 Å². The molecular weight excluding hydrogens is 240 g/mol. The van der Waals surface area contributed by atoms with Crippen LogP contribution in [0.25, 0.3) is 0 Å². The van der Waals surface area contributed by atoms with Crippen molar-refractivity contribution in [2.24, 2.45) is 17.3 Å². The largest absolute Gasteiger partial charge is 0.306 e. The van der Waals surface area contributed by atoms with Crippen LogP contribution < -0.4 is 0 Å². The summed E-state index contributed by atoms with van der Waals surface area (Å²) >= 11 is 4.53. The Hall–Kier alpha value is 0.270. The zero-order valence-electron chi connectivity index (χ0n) is 12.9. The average Bonchev–Trinajstić information content (AvgIpc) is 2.27. The highest BCUT2D eigenvalue weighted by Crippen LogP contribution is 2.28. The summed E-state index contributed by atoms with van der Waals surface area (Å²) in [6.07, 6.45) is 2.73. The summed E-state index contributed by atoms with van der Waals surface area (Å²) in [5.41, 5.74) is 0.364. The molecule has 0 N–H and O–H groups in total. The minimum atomic E-state index is 0.364. The fourth-order valence-corrected chi connectivity index (χ4v) is 3.40. The molecule has 18 heavy (non-hydrogen) atoms. The SMILES string of the molecule is CN1CCC(CN(C)CC(CS)C(C)(C)C)CC1. The van der Waals surface area contributed by atoms with E-state index in [0.29, 0.717) is 11.3 Å². The van der Waals surface area contributed by atoms with Crippen molar-refractivity contribution in [1.29, 1.82) is 0 Å². The Kier molecular flexibility index (Phi) is 6.49. The molecule has 0 aliphatic carbocycles. The van der Waals surface area contributed by atoms with Crippen LogP contribution >= 0.6 is 12.6 Å². The number of hydrogen-bond acceptors (Lipinski definition) is 3. The Labute approximate surface area is 120 Å². The van der Waals surface area contributed by atoms with Crippen LogP contribution in [0.4, 0.5) is 0 Å². The summed E-state index contributed by atoms with van der Waals surface area (Å²) < 4.78 is 0. The summed E-state index contributed by atoms with van der Waals surface area (Å²) in [5.74, 6) is 2.56. The Morgan fingerprint density at radius 3 is 2.28 bits per heavy atom. The standard InChI is InChI=1S/C15H32N2S/c1-15(2,3)14(12-18)11-17(5)10-13-6-8-16(4)9-7-13/h13-14,18H,6-12H2,1-5H3. The van der Waals surface area contributed by atoms with Gasteiger partial charge in [0, 0.05) is 13.1 Å². The lowest BCUT2D eigenvalue weighted by Gasteiger charge is -2.36. The second kappa shape index (κ2) is 7.16. The fourth-order valence-electron chi connectivity index (χ4n) is 2.74. The fraction of sp³-hybridized carbons (Fsp3) is 1.00. The quantitative estimate of drug-likeness (QED) is 0.769. The monoisotopic (exact) mass is 272 g/mol. The maximum Gasteiger partial charge on any atom is 0.00195 e. The molecule has 1 rings (SSSR count). The first-order chi connectivity index (χ1) is 8.32. The molecule has 0 bridgehead atoms. The van der Waals surface area contributed by atoms with Gasteiger partial charge in [0.2, 0.25) is 0 Å². The summed E-state index contributed by atoms with van der Waals surface area (Å²) in [6, 6.07) is 0. The van der Waals surface area contributed by atoms with Gasteiger partial charge in [-0.3, -0.25) is 0 Å². The van der Waals surface area contributed by atoms with E-state index in [4.69, 9.17) is 0 Å². The van der Waals surface area contributed by atoms with Gasteiger partial charge in [0.25, 0.3) is 0 Å². The Bertz CT molecular complexity index is 229. The Balaban J connectivity index is 2.34. The molecule has 0 spiro atoms. The molecule has 2 nitrogen and oxygen atoms in total. The van der Waals surface area contributed by atoms with Crippen LogP contribution in [0.1, 0.15) is 33.6 Å². The lowest BCUT2D eigenvalue weighted by molar-refractivity contribution is 0.141. The molecule has 1 unspecified atom stereocenters. The molecule has 0 aromatic heterocycles. The summed E-state index contributed by atoms with van der Waals surface area (Å²) in [7, 11) is 4.51. The normalized spacial score (nSPS) is 21.5. The lowest BCUT2D eigenvalue weighted by Crippen LogP contribution is -2.39. The molecule has 0 aromatic rings. The zero-order valence-corrected chi connectivity index (χ0v) is 13.8. The maximum absolute atomic E-state index is 4.53. The predicted octanol–water partition coefficient (Wildman–Crippen LogP) is 2.85. The van der Waals surface area contributed by atoms with Crippen LogP contribution in [0.15, 0.2) is 0 Å². The van der Waals surface area contributed by atoms with Crippen LogP contribution in [0, 0.1) is 17.3 Å². The van der Waals surface area contributed by atoms with E-state index in [-0.39, 0.29) is 0 Å². The van der Waals surface area contributed by atoms with Crippen molar-refractivity contribution >= 4 is 12.6 Å². The Morgan fingerprint density at radius 1 is 1.28 bits per heavy atom. The molecule has 1 aliphatic heterocycles. The topological polar surface area (TPSA) is 6.48 Å². The highest BCUT2D eigenvalue weighted by atomic mass is 32.1. The Morgan fingerprint density at radius 2 is 1.83 bits per heavy atom. The third-order valence-electron chi connectivity index (χ3n) is 4.39. The third kappa shape index (κ3) is 5.50. The first-order valence-corrected chi connectivity index (χ1v) is 7.94. The third-order valence-corrected chi connectivity index (χ3v) is 4.83. The average molecular weight is 273 g/mol. The number of likely N-dealkylation sites (tertiary alicyclic amines) is 1. The van der Waals surface area contributed by atoms with Gasteiger partial charge in [-0.15, -0.1) is 0 Å². The smallest absolute Gasteiger partial charge is 0.00195 e. The number of hydrogen-bond donors (Lipinski definition) is 1. The van der Waals surface area contributed by atoms with E-state index in [0.717, 1.165) is 11.7 Å². The van der Waals surface area contributed by atoms with Gasteiger partial charge in [0.1, 0.15) is 0 Å². The molecular formula is C15H32N2S. The number of thiol groups is 1. The molecule has 0 saturated carbocycles. The van der Waals surface area contributed by atoms with Crippen molar-refractivity contribution in [1.82, 2.24) is 9.80 Å². The van der Waals surface area contributed by atoms with Gasteiger partial charge in [-0.05, 0) is 63.0 Å². The lowest BCUT2D eigenvalue weighted by atomic mass is 9.81. The number of nitrogens with zero attached hydrogens (tertiary/aromatic N) is 2. The zero-order chi connectivity index (χ0) is 13.8. The first-order valence-electron chi connectivity index (χ1n) is 7.31. The molecule has 0 aromatic carbocycles. The van der Waals surface area contributed by atoms with Gasteiger partial charge in [-0.2, -0.15) is 12.6 Å². The predicted molar refractivity (Wildman–Crippen MR) is 84.5 cm³/mol. The van der Waals surface area contributed by atoms with Gasteiger partial charge >= 0.3 is 0 Å². The second-order valence-corrected chi connectivity index (χ2v) is 7.58. The van der Waals surface area contributed by atoms with E-state index >= 15 is 0 Å². The summed E-state index contributed by atoms with van der Waals surface area (Å²) in [5, 5.41) is 0. The highest BCUT2D eigenvalue weighted by molar-refractivity contribution is 7.80. The van der Waals surface area contributed by atoms with E-state index in [1.54, 1.807) is 0 Å². The van der Waals surface area contributed by atoms with Gasteiger partial charge < -0.3 is 9.80 Å². The van der Waals surface area contributed by atoms with E-state index in [2.05, 4.69) is 57.3 Å².